The Morgan fingerprint density at radius 1 is 1.28 bits per heavy atom. The number of hydrogen-bond donors (Lipinski definition) is 2. The summed E-state index contributed by atoms with van der Waals surface area (Å²) in [6.07, 6.45) is 0. The largest absolute Gasteiger partial charge is 0.507 e. The van der Waals surface area contributed by atoms with Gasteiger partial charge in [0.15, 0.2) is 0 Å². The second-order valence-corrected chi connectivity index (χ2v) is 4.74. The number of carboxylic acid groups (broad SMARTS) is 1. The van der Waals surface area contributed by atoms with Crippen LogP contribution in [-0.4, -0.2) is 59.2 Å². The molecule has 0 unspecified atom stereocenters. The van der Waals surface area contributed by atoms with Gasteiger partial charge < -0.3 is 15.1 Å². The topological polar surface area (TPSA) is 64.0 Å². The maximum atomic E-state index is 10.8. The maximum Gasteiger partial charge on any atom is 0.339 e. The maximum absolute atomic E-state index is 10.8. The molecule has 1 aliphatic rings. The molecule has 1 aromatic carbocycles. The highest BCUT2D eigenvalue weighted by Crippen LogP contribution is 2.20. The lowest BCUT2D eigenvalue weighted by molar-refractivity contribution is 0.0693. The predicted molar refractivity (Wildman–Crippen MR) is 67.8 cm³/mol. The number of aromatic carboxylic acids is 1. The molecule has 1 saturated heterocycles. The van der Waals surface area contributed by atoms with Crippen molar-refractivity contribution in [2.75, 3.05) is 33.2 Å². The van der Waals surface area contributed by atoms with E-state index in [2.05, 4.69) is 16.8 Å². The second kappa shape index (κ2) is 5.37. The smallest absolute Gasteiger partial charge is 0.339 e. The van der Waals surface area contributed by atoms with Crippen LogP contribution in [0, 0.1) is 0 Å². The first kappa shape index (κ1) is 12.9. The summed E-state index contributed by atoms with van der Waals surface area (Å²) in [5, 5.41) is 18.5. The third kappa shape index (κ3) is 3.00. The van der Waals surface area contributed by atoms with Crippen LogP contribution in [0.3, 0.4) is 0 Å². The van der Waals surface area contributed by atoms with Gasteiger partial charge >= 0.3 is 5.97 Å². The van der Waals surface area contributed by atoms with Crippen molar-refractivity contribution in [1.29, 1.82) is 0 Å². The van der Waals surface area contributed by atoms with Gasteiger partial charge in [0.25, 0.3) is 0 Å². The number of phenols is 1. The molecule has 0 amide bonds. The first-order valence-electron chi connectivity index (χ1n) is 6.02. The van der Waals surface area contributed by atoms with Crippen molar-refractivity contribution in [3.8, 4) is 5.75 Å². The number of rotatable bonds is 3. The predicted octanol–water partition coefficient (Wildman–Crippen LogP) is 0.838. The van der Waals surface area contributed by atoms with Crippen LogP contribution in [0.4, 0.5) is 0 Å². The van der Waals surface area contributed by atoms with Gasteiger partial charge in [-0.2, -0.15) is 0 Å². The molecular weight excluding hydrogens is 232 g/mol. The molecule has 2 rings (SSSR count). The number of carboxylic acids is 1. The Balaban J connectivity index is 2.02. The summed E-state index contributed by atoms with van der Waals surface area (Å²) >= 11 is 0. The third-order valence-electron chi connectivity index (χ3n) is 3.29. The van der Waals surface area contributed by atoms with Crippen LogP contribution in [0.1, 0.15) is 15.9 Å². The van der Waals surface area contributed by atoms with Gasteiger partial charge in [-0.25, -0.2) is 4.79 Å². The van der Waals surface area contributed by atoms with E-state index < -0.39 is 5.97 Å². The molecule has 0 atom stereocenters. The normalized spacial score (nSPS) is 17.8. The number of carbonyl (C=O) groups is 1. The number of likely N-dealkylation sites (N-methyl/N-ethyl adjacent to an activating group) is 1. The first-order chi connectivity index (χ1) is 8.56. The molecular formula is C13H18N2O3. The molecule has 1 heterocycles. The van der Waals surface area contributed by atoms with Crippen molar-refractivity contribution >= 4 is 5.97 Å². The molecule has 0 saturated carbocycles. The van der Waals surface area contributed by atoms with Crippen LogP contribution in [0.5, 0.6) is 5.75 Å². The lowest BCUT2D eigenvalue weighted by Gasteiger charge is -2.32. The number of aromatic hydroxyl groups is 1. The van der Waals surface area contributed by atoms with Gasteiger partial charge in [-0.15, -0.1) is 0 Å². The Bertz CT molecular complexity index is 440. The standard InChI is InChI=1S/C13H18N2O3/c1-14-4-6-15(7-5-14)9-10-2-3-11(13(17)18)12(16)8-10/h2-3,8,16H,4-7,9H2,1H3,(H,17,18). The second-order valence-electron chi connectivity index (χ2n) is 4.74. The summed E-state index contributed by atoms with van der Waals surface area (Å²) < 4.78 is 0. The minimum atomic E-state index is -1.10. The zero-order chi connectivity index (χ0) is 13.1. The van der Waals surface area contributed by atoms with Crippen molar-refractivity contribution in [1.82, 2.24) is 9.80 Å². The highest BCUT2D eigenvalue weighted by molar-refractivity contribution is 5.90. The summed E-state index contributed by atoms with van der Waals surface area (Å²) in [7, 11) is 2.10. The van der Waals surface area contributed by atoms with E-state index in [-0.39, 0.29) is 11.3 Å². The Hall–Kier alpha value is -1.59. The van der Waals surface area contributed by atoms with Gasteiger partial charge in [0.1, 0.15) is 11.3 Å². The SMILES string of the molecule is CN1CCN(Cc2ccc(C(=O)O)c(O)c2)CC1. The van der Waals surface area contributed by atoms with Crippen molar-refractivity contribution < 1.29 is 15.0 Å². The fourth-order valence-electron chi connectivity index (χ4n) is 2.12. The van der Waals surface area contributed by atoms with Crippen LogP contribution in [0.15, 0.2) is 18.2 Å². The average molecular weight is 250 g/mol. The molecule has 1 aromatic rings. The van der Waals surface area contributed by atoms with Crippen molar-refractivity contribution in [3.63, 3.8) is 0 Å². The minimum Gasteiger partial charge on any atom is -0.507 e. The van der Waals surface area contributed by atoms with Crippen molar-refractivity contribution in [2.45, 2.75) is 6.54 Å². The van der Waals surface area contributed by atoms with E-state index >= 15 is 0 Å². The van der Waals surface area contributed by atoms with Gasteiger partial charge in [-0.3, -0.25) is 4.90 Å². The monoisotopic (exact) mass is 250 g/mol. The van der Waals surface area contributed by atoms with Gasteiger partial charge in [-0.1, -0.05) is 6.07 Å². The quantitative estimate of drug-likeness (QED) is 0.832. The van der Waals surface area contributed by atoms with E-state index in [0.29, 0.717) is 0 Å². The fourth-order valence-corrected chi connectivity index (χ4v) is 2.12. The minimum absolute atomic E-state index is 0.0443. The molecule has 98 valence electrons. The Morgan fingerprint density at radius 2 is 1.94 bits per heavy atom. The van der Waals surface area contributed by atoms with Gasteiger partial charge in [0.05, 0.1) is 0 Å². The van der Waals surface area contributed by atoms with E-state index in [1.165, 1.54) is 6.07 Å². The van der Waals surface area contributed by atoms with Gasteiger partial charge in [0, 0.05) is 32.7 Å². The summed E-state index contributed by atoms with van der Waals surface area (Å²) in [4.78, 5) is 15.4. The molecule has 0 aliphatic carbocycles. The lowest BCUT2D eigenvalue weighted by atomic mass is 10.1. The number of piperazine rings is 1. The summed E-state index contributed by atoms with van der Waals surface area (Å²) in [6, 6.07) is 4.77. The Morgan fingerprint density at radius 3 is 2.50 bits per heavy atom. The highest BCUT2D eigenvalue weighted by atomic mass is 16.4. The molecule has 1 aliphatic heterocycles. The van der Waals surface area contributed by atoms with E-state index in [1.807, 2.05) is 0 Å². The molecule has 0 aromatic heterocycles. The molecule has 5 nitrogen and oxygen atoms in total. The molecule has 1 fully saturated rings. The Kier molecular flexibility index (Phi) is 3.84. The van der Waals surface area contributed by atoms with Crippen molar-refractivity contribution in [2.24, 2.45) is 0 Å². The van der Waals surface area contributed by atoms with E-state index in [0.717, 1.165) is 38.3 Å². The molecule has 18 heavy (non-hydrogen) atoms. The fraction of sp³-hybridized carbons (Fsp3) is 0.462. The van der Waals surface area contributed by atoms with Crippen LogP contribution in [0.2, 0.25) is 0 Å². The summed E-state index contributed by atoms with van der Waals surface area (Å²) in [5.41, 5.74) is 0.902. The molecule has 0 spiro atoms. The zero-order valence-electron chi connectivity index (χ0n) is 10.5. The molecule has 0 radical (unpaired) electrons. The van der Waals surface area contributed by atoms with E-state index in [1.54, 1.807) is 12.1 Å². The summed E-state index contributed by atoms with van der Waals surface area (Å²) in [6.45, 7) is 4.83. The van der Waals surface area contributed by atoms with E-state index in [4.69, 9.17) is 5.11 Å². The first-order valence-corrected chi connectivity index (χ1v) is 6.02. The molecule has 2 N–H and O–H groups in total. The number of benzene rings is 1. The zero-order valence-corrected chi connectivity index (χ0v) is 10.5. The third-order valence-corrected chi connectivity index (χ3v) is 3.29. The number of nitrogens with zero attached hydrogens (tertiary/aromatic N) is 2. The molecule has 5 heteroatoms. The van der Waals surface area contributed by atoms with Gasteiger partial charge in [0.2, 0.25) is 0 Å². The molecule has 0 bridgehead atoms. The van der Waals surface area contributed by atoms with E-state index in [9.17, 15) is 9.90 Å². The van der Waals surface area contributed by atoms with Crippen LogP contribution >= 0.6 is 0 Å². The average Bonchev–Trinajstić information content (AvgIpc) is 2.32. The Labute approximate surface area is 106 Å². The number of hydrogen-bond acceptors (Lipinski definition) is 4. The van der Waals surface area contributed by atoms with Crippen LogP contribution in [0.25, 0.3) is 0 Å². The lowest BCUT2D eigenvalue weighted by Crippen LogP contribution is -2.43. The summed E-state index contributed by atoms with van der Waals surface area (Å²) in [5.74, 6) is -1.26. The highest BCUT2D eigenvalue weighted by Gasteiger charge is 2.15. The van der Waals surface area contributed by atoms with Gasteiger partial charge in [-0.05, 0) is 24.7 Å². The van der Waals surface area contributed by atoms with Crippen molar-refractivity contribution in [3.05, 3.63) is 29.3 Å². The van der Waals surface area contributed by atoms with Crippen LogP contribution in [-0.2, 0) is 6.54 Å². The van der Waals surface area contributed by atoms with Crippen LogP contribution < -0.4 is 0 Å².